The Bertz CT molecular complexity index is 292. The Labute approximate surface area is 101 Å². The minimum atomic E-state index is -0.462. The molecule has 0 aliphatic heterocycles. The topological polar surface area (TPSA) is 64.6 Å². The van der Waals surface area contributed by atoms with Gasteiger partial charge >= 0.3 is 11.9 Å². The van der Waals surface area contributed by atoms with Crippen LogP contribution in [0.15, 0.2) is 24.3 Å². The van der Waals surface area contributed by atoms with Crippen molar-refractivity contribution in [1.82, 2.24) is 5.32 Å². The van der Waals surface area contributed by atoms with Crippen molar-refractivity contribution in [3.05, 3.63) is 24.3 Å². The van der Waals surface area contributed by atoms with Crippen LogP contribution in [0.5, 0.6) is 0 Å². The van der Waals surface area contributed by atoms with Crippen molar-refractivity contribution in [2.45, 2.75) is 19.9 Å². The minimum Gasteiger partial charge on any atom is -0.461 e. The highest BCUT2D eigenvalue weighted by atomic mass is 16.5. The van der Waals surface area contributed by atoms with Crippen LogP contribution in [-0.4, -0.2) is 38.2 Å². The van der Waals surface area contributed by atoms with Crippen LogP contribution in [0.4, 0.5) is 0 Å². The van der Waals surface area contributed by atoms with Gasteiger partial charge in [0.2, 0.25) is 0 Å². The van der Waals surface area contributed by atoms with Gasteiger partial charge in [0.25, 0.3) is 0 Å². The Kier molecular flexibility index (Phi) is 6.89. The molecule has 0 fully saturated rings. The van der Waals surface area contributed by atoms with E-state index in [1.807, 2.05) is 0 Å². The summed E-state index contributed by atoms with van der Waals surface area (Å²) in [6.45, 7) is 10.3. The number of carbonyl (C=O) groups is 2. The molecule has 0 aromatic rings. The van der Waals surface area contributed by atoms with Gasteiger partial charge < -0.3 is 14.8 Å². The highest BCUT2D eigenvalue weighted by molar-refractivity contribution is 5.87. The van der Waals surface area contributed by atoms with Crippen molar-refractivity contribution in [2.75, 3.05) is 20.3 Å². The van der Waals surface area contributed by atoms with Crippen LogP contribution in [0.25, 0.3) is 0 Å². The lowest BCUT2D eigenvalue weighted by Crippen LogP contribution is -2.36. The van der Waals surface area contributed by atoms with E-state index < -0.39 is 11.9 Å². The van der Waals surface area contributed by atoms with Gasteiger partial charge in [-0.25, -0.2) is 9.59 Å². The number of ether oxygens (including phenoxy) is 2. The van der Waals surface area contributed by atoms with Crippen LogP contribution in [0.2, 0.25) is 0 Å². The van der Waals surface area contributed by atoms with Crippen molar-refractivity contribution in [3.63, 3.8) is 0 Å². The predicted molar refractivity (Wildman–Crippen MR) is 64.4 cm³/mol. The summed E-state index contributed by atoms with van der Waals surface area (Å²) in [7, 11) is 1.69. The Morgan fingerprint density at radius 1 is 1.06 bits per heavy atom. The van der Waals surface area contributed by atoms with Gasteiger partial charge in [0.15, 0.2) is 0 Å². The van der Waals surface area contributed by atoms with Gasteiger partial charge in [0.05, 0.1) is 6.04 Å². The molecule has 0 spiro atoms. The van der Waals surface area contributed by atoms with E-state index in [9.17, 15) is 9.59 Å². The largest absolute Gasteiger partial charge is 0.461 e. The number of rotatable bonds is 7. The lowest BCUT2D eigenvalue weighted by Gasteiger charge is -2.16. The lowest BCUT2D eigenvalue weighted by atomic mass is 10.3. The molecule has 0 saturated heterocycles. The van der Waals surface area contributed by atoms with Crippen LogP contribution in [0, 0.1) is 0 Å². The zero-order valence-corrected chi connectivity index (χ0v) is 10.5. The second-order valence-electron chi connectivity index (χ2n) is 3.74. The lowest BCUT2D eigenvalue weighted by molar-refractivity contribution is -0.142. The van der Waals surface area contributed by atoms with E-state index in [1.165, 1.54) is 0 Å². The first kappa shape index (κ1) is 15.4. The Hall–Kier alpha value is -1.62. The molecule has 96 valence electrons. The summed E-state index contributed by atoms with van der Waals surface area (Å²) in [6.07, 6.45) is 0. The number of hydrogen-bond donors (Lipinski definition) is 1. The van der Waals surface area contributed by atoms with Crippen molar-refractivity contribution in [2.24, 2.45) is 0 Å². The molecule has 0 unspecified atom stereocenters. The molecule has 0 aromatic heterocycles. The smallest absolute Gasteiger partial charge is 0.333 e. The van der Waals surface area contributed by atoms with Gasteiger partial charge in [-0.05, 0) is 20.9 Å². The van der Waals surface area contributed by atoms with E-state index in [4.69, 9.17) is 9.47 Å². The summed E-state index contributed by atoms with van der Waals surface area (Å²) in [5.74, 6) is -0.923. The molecule has 0 radical (unpaired) electrons. The van der Waals surface area contributed by atoms with Gasteiger partial charge in [0.1, 0.15) is 13.2 Å². The number of carbonyl (C=O) groups excluding carboxylic acids is 2. The van der Waals surface area contributed by atoms with E-state index in [-0.39, 0.29) is 19.3 Å². The zero-order valence-electron chi connectivity index (χ0n) is 10.5. The number of likely N-dealkylation sites (N-methyl/N-ethyl adjacent to an activating group) is 1. The fourth-order valence-corrected chi connectivity index (χ4v) is 0.814. The molecule has 0 heterocycles. The Morgan fingerprint density at radius 2 is 1.41 bits per heavy atom. The SMILES string of the molecule is C=C(C)C(=O)OCC(COC(=O)C(=C)C)NC. The van der Waals surface area contributed by atoms with Gasteiger partial charge in [-0.15, -0.1) is 0 Å². The summed E-state index contributed by atoms with van der Waals surface area (Å²) in [6, 6.07) is -0.249. The van der Waals surface area contributed by atoms with Crippen LogP contribution in [0.1, 0.15) is 13.8 Å². The molecule has 5 nitrogen and oxygen atoms in total. The van der Waals surface area contributed by atoms with E-state index in [0.29, 0.717) is 11.1 Å². The first-order chi connectivity index (χ1) is 7.88. The predicted octanol–water partition coefficient (Wildman–Crippen LogP) is 0.813. The number of nitrogens with one attached hydrogen (secondary N) is 1. The molecule has 0 atom stereocenters. The van der Waals surface area contributed by atoms with E-state index in [2.05, 4.69) is 18.5 Å². The molecule has 0 bridgehead atoms. The third kappa shape index (κ3) is 6.52. The maximum atomic E-state index is 11.1. The van der Waals surface area contributed by atoms with Crippen LogP contribution < -0.4 is 5.32 Å². The molecule has 5 heteroatoms. The van der Waals surface area contributed by atoms with Crippen molar-refractivity contribution >= 4 is 11.9 Å². The molecular formula is C12H19NO4. The van der Waals surface area contributed by atoms with Crippen molar-refractivity contribution in [3.8, 4) is 0 Å². The molecule has 17 heavy (non-hydrogen) atoms. The minimum absolute atomic E-state index is 0.117. The summed E-state index contributed by atoms with van der Waals surface area (Å²) in [4.78, 5) is 22.3. The molecule has 0 amide bonds. The third-order valence-electron chi connectivity index (χ3n) is 1.94. The molecule has 1 N–H and O–H groups in total. The zero-order chi connectivity index (χ0) is 13.4. The maximum absolute atomic E-state index is 11.1. The average Bonchev–Trinajstić information content (AvgIpc) is 2.28. The van der Waals surface area contributed by atoms with Gasteiger partial charge in [-0.1, -0.05) is 13.2 Å². The normalized spacial score (nSPS) is 9.88. The summed E-state index contributed by atoms with van der Waals surface area (Å²) < 4.78 is 9.87. The second kappa shape index (κ2) is 7.62. The van der Waals surface area contributed by atoms with Crippen LogP contribution in [-0.2, 0) is 19.1 Å². The standard InChI is InChI=1S/C12H19NO4/c1-8(2)11(14)16-6-10(13-5)7-17-12(15)9(3)4/h10,13H,1,3,6-7H2,2,4-5H3. The maximum Gasteiger partial charge on any atom is 0.333 e. The molecule has 0 saturated carbocycles. The highest BCUT2D eigenvalue weighted by Crippen LogP contribution is 1.97. The van der Waals surface area contributed by atoms with Gasteiger partial charge in [0, 0.05) is 11.1 Å². The fourth-order valence-electron chi connectivity index (χ4n) is 0.814. The monoisotopic (exact) mass is 241 g/mol. The Morgan fingerprint density at radius 3 is 1.65 bits per heavy atom. The molecular weight excluding hydrogens is 222 g/mol. The third-order valence-corrected chi connectivity index (χ3v) is 1.94. The number of hydrogen-bond acceptors (Lipinski definition) is 5. The van der Waals surface area contributed by atoms with Crippen LogP contribution in [0.3, 0.4) is 0 Å². The summed E-state index contributed by atoms with van der Waals surface area (Å²) in [5, 5.41) is 2.88. The number of esters is 2. The van der Waals surface area contributed by atoms with E-state index in [1.54, 1.807) is 20.9 Å². The van der Waals surface area contributed by atoms with Crippen LogP contribution >= 0.6 is 0 Å². The molecule has 0 aliphatic carbocycles. The first-order valence-corrected chi connectivity index (χ1v) is 5.21. The van der Waals surface area contributed by atoms with Gasteiger partial charge in [-0.2, -0.15) is 0 Å². The quantitative estimate of drug-likeness (QED) is 0.528. The van der Waals surface area contributed by atoms with E-state index >= 15 is 0 Å². The first-order valence-electron chi connectivity index (χ1n) is 5.21. The summed E-state index contributed by atoms with van der Waals surface area (Å²) in [5.41, 5.74) is 0.664. The van der Waals surface area contributed by atoms with E-state index in [0.717, 1.165) is 0 Å². The molecule has 0 aromatic carbocycles. The Balaban J connectivity index is 4.00. The second-order valence-corrected chi connectivity index (χ2v) is 3.74. The van der Waals surface area contributed by atoms with Crippen molar-refractivity contribution < 1.29 is 19.1 Å². The fraction of sp³-hybridized carbons (Fsp3) is 0.500. The molecule has 0 aliphatic rings. The van der Waals surface area contributed by atoms with Crippen molar-refractivity contribution in [1.29, 1.82) is 0 Å². The summed E-state index contributed by atoms with van der Waals surface area (Å²) >= 11 is 0. The highest BCUT2D eigenvalue weighted by Gasteiger charge is 2.13. The average molecular weight is 241 g/mol. The molecule has 0 rings (SSSR count). The van der Waals surface area contributed by atoms with Gasteiger partial charge in [-0.3, -0.25) is 0 Å².